The number of halogens is 3. The van der Waals surface area contributed by atoms with E-state index in [0.717, 1.165) is 10.7 Å². The van der Waals surface area contributed by atoms with Crippen LogP contribution < -0.4 is 4.74 Å². The zero-order valence-corrected chi connectivity index (χ0v) is 15.2. The summed E-state index contributed by atoms with van der Waals surface area (Å²) >= 11 is 0. The van der Waals surface area contributed by atoms with E-state index < -0.39 is 33.8 Å². The van der Waals surface area contributed by atoms with Crippen LogP contribution in [-0.4, -0.2) is 30.2 Å². The molecule has 1 heterocycles. The first-order chi connectivity index (χ1) is 13.4. The molecule has 0 N–H and O–H groups in total. The number of hydrogen-bond donors (Lipinski definition) is 0. The summed E-state index contributed by atoms with van der Waals surface area (Å²) in [6, 6.07) is 5.49. The summed E-state index contributed by atoms with van der Waals surface area (Å²) < 4.78 is 69.0. The van der Waals surface area contributed by atoms with Crippen molar-refractivity contribution in [1.29, 1.82) is 5.26 Å². The molecule has 10 heteroatoms. The Kier molecular flexibility index (Phi) is 5.37. The first-order valence-corrected chi connectivity index (χ1v) is 8.93. The van der Waals surface area contributed by atoms with Gasteiger partial charge < -0.3 is 4.74 Å². The van der Waals surface area contributed by atoms with Crippen molar-refractivity contribution in [3.63, 3.8) is 0 Å². The van der Waals surface area contributed by atoms with E-state index in [-0.39, 0.29) is 34.0 Å². The van der Waals surface area contributed by atoms with Gasteiger partial charge in [0.25, 0.3) is 6.43 Å². The Labute approximate surface area is 159 Å². The monoisotopic (exact) mass is 407 g/mol. The number of allylic oxidation sites excluding steroid dienone is 4. The van der Waals surface area contributed by atoms with Crippen molar-refractivity contribution in [3.8, 4) is 23.1 Å². The fraction of sp³-hybridized carbons (Fsp3) is 0.167. The fourth-order valence-corrected chi connectivity index (χ4v) is 3.16. The fourth-order valence-electron chi connectivity index (χ4n) is 2.77. The first kappa shape index (κ1) is 19.4. The third-order valence-electron chi connectivity index (χ3n) is 4.07. The summed E-state index contributed by atoms with van der Waals surface area (Å²) in [5, 5.41) is 13.3. The second-order valence-corrected chi connectivity index (χ2v) is 6.64. The highest BCUT2D eigenvalue weighted by atomic mass is 32.2. The van der Waals surface area contributed by atoms with Crippen molar-refractivity contribution < 1.29 is 26.3 Å². The van der Waals surface area contributed by atoms with Gasteiger partial charge in [0.15, 0.2) is 11.6 Å². The Bertz CT molecular complexity index is 1180. The molecule has 0 amide bonds. The Morgan fingerprint density at radius 3 is 2.57 bits per heavy atom. The largest absolute Gasteiger partial charge is 0.494 e. The zero-order valence-electron chi connectivity index (χ0n) is 14.4. The summed E-state index contributed by atoms with van der Waals surface area (Å²) in [4.78, 5) is 0.113. The predicted octanol–water partition coefficient (Wildman–Crippen LogP) is 3.36. The van der Waals surface area contributed by atoms with Gasteiger partial charge in [-0.1, -0.05) is 6.08 Å². The second-order valence-electron chi connectivity index (χ2n) is 5.65. The summed E-state index contributed by atoms with van der Waals surface area (Å²) in [6.45, 7) is 0. The highest BCUT2D eigenvalue weighted by Crippen LogP contribution is 2.35. The van der Waals surface area contributed by atoms with Crippen LogP contribution in [0.1, 0.15) is 24.1 Å². The number of benzene rings is 1. The lowest BCUT2D eigenvalue weighted by atomic mass is 10.0. The quantitative estimate of drug-likeness (QED) is 0.726. The number of ether oxygens (including phenoxy) is 1. The van der Waals surface area contributed by atoms with Gasteiger partial charge in [-0.2, -0.15) is 18.8 Å². The van der Waals surface area contributed by atoms with E-state index in [1.807, 2.05) is 0 Å². The smallest absolute Gasteiger partial charge is 0.283 e. The van der Waals surface area contributed by atoms with Crippen LogP contribution in [0.25, 0.3) is 17.0 Å². The van der Waals surface area contributed by atoms with Crippen LogP contribution in [-0.2, 0) is 10.3 Å². The summed E-state index contributed by atoms with van der Waals surface area (Å²) in [5.74, 6) is -0.780. The molecule has 28 heavy (non-hydrogen) atoms. The van der Waals surface area contributed by atoms with Crippen molar-refractivity contribution in [2.24, 2.45) is 0 Å². The Balaban J connectivity index is 2.24. The van der Waals surface area contributed by atoms with E-state index in [9.17, 15) is 26.9 Å². The van der Waals surface area contributed by atoms with E-state index in [1.165, 1.54) is 37.5 Å². The average Bonchev–Trinajstić information content (AvgIpc) is 3.07. The van der Waals surface area contributed by atoms with E-state index in [0.29, 0.717) is 0 Å². The number of aromatic nitrogens is 2. The highest BCUT2D eigenvalue weighted by molar-refractivity contribution is 7.73. The van der Waals surface area contributed by atoms with Crippen LogP contribution in [0.15, 0.2) is 36.4 Å². The van der Waals surface area contributed by atoms with E-state index >= 15 is 0 Å². The average molecular weight is 407 g/mol. The topological polar surface area (TPSA) is 85.0 Å². The molecule has 2 aromatic rings. The molecule has 1 aromatic carbocycles. The molecule has 0 fully saturated rings. The maximum Gasteiger partial charge on any atom is 0.283 e. The molecule has 1 aromatic heterocycles. The van der Waals surface area contributed by atoms with Crippen molar-refractivity contribution in [2.45, 2.75) is 12.8 Å². The number of rotatable bonds is 4. The number of nitriles is 1. The maximum absolute atomic E-state index is 14.2. The van der Waals surface area contributed by atoms with E-state index in [4.69, 9.17) is 4.74 Å². The van der Waals surface area contributed by atoms with Gasteiger partial charge in [-0.25, -0.2) is 17.9 Å². The molecule has 0 atom stereocenters. The number of nitrogens with zero attached hydrogens (tertiary/aromatic N) is 3. The van der Waals surface area contributed by atoms with Gasteiger partial charge in [-0.05, 0) is 30.4 Å². The van der Waals surface area contributed by atoms with Crippen LogP contribution >= 0.6 is 0 Å². The Morgan fingerprint density at radius 2 is 2.07 bits per heavy atom. The standard InChI is InChI=1S/C18H12F3N3O3S/c1-27-15-7-2-10(8-14(15)19)17-13(9-22)16(18(20)21)23-24(17)11-3-5-12(6-4-11)28(25)26/h2-5,7-8,18H,6H2,1H3. The Hall–Kier alpha value is -3.32. The van der Waals surface area contributed by atoms with Crippen LogP contribution in [0.5, 0.6) is 5.75 Å². The molecular weight excluding hydrogens is 395 g/mol. The molecule has 0 unspecified atom stereocenters. The molecule has 0 spiro atoms. The lowest BCUT2D eigenvalue weighted by Crippen LogP contribution is -2.06. The molecule has 3 rings (SSSR count). The van der Waals surface area contributed by atoms with Crippen LogP contribution in [0.4, 0.5) is 13.2 Å². The van der Waals surface area contributed by atoms with Crippen LogP contribution in [0, 0.1) is 17.1 Å². The molecule has 0 saturated heterocycles. The predicted molar refractivity (Wildman–Crippen MR) is 95.8 cm³/mol. The molecule has 0 radical (unpaired) electrons. The van der Waals surface area contributed by atoms with Gasteiger partial charge in [0.05, 0.1) is 23.4 Å². The van der Waals surface area contributed by atoms with Gasteiger partial charge in [0, 0.05) is 12.0 Å². The lowest BCUT2D eigenvalue weighted by Gasteiger charge is -2.12. The molecule has 1 aliphatic rings. The number of alkyl halides is 2. The lowest BCUT2D eigenvalue weighted by molar-refractivity contribution is 0.145. The minimum atomic E-state index is -3.03. The first-order valence-electron chi connectivity index (χ1n) is 7.86. The highest BCUT2D eigenvalue weighted by Gasteiger charge is 2.27. The van der Waals surface area contributed by atoms with Crippen molar-refractivity contribution >= 4 is 20.9 Å². The van der Waals surface area contributed by atoms with Gasteiger partial charge in [-0.3, -0.25) is 0 Å². The summed E-state index contributed by atoms with van der Waals surface area (Å²) in [5.41, 5.74) is -0.738. The minimum Gasteiger partial charge on any atom is -0.494 e. The zero-order chi connectivity index (χ0) is 20.4. The van der Waals surface area contributed by atoms with Crippen molar-refractivity contribution in [3.05, 3.63) is 53.5 Å². The van der Waals surface area contributed by atoms with Crippen molar-refractivity contribution in [1.82, 2.24) is 9.78 Å². The maximum atomic E-state index is 14.2. The van der Waals surface area contributed by atoms with Gasteiger partial charge in [-0.15, -0.1) is 0 Å². The van der Waals surface area contributed by atoms with Gasteiger partial charge in [0.2, 0.25) is 10.3 Å². The molecule has 0 saturated carbocycles. The van der Waals surface area contributed by atoms with E-state index in [1.54, 1.807) is 6.07 Å². The summed E-state index contributed by atoms with van der Waals surface area (Å²) in [6.07, 6.45) is 1.16. The normalized spacial score (nSPS) is 13.4. The van der Waals surface area contributed by atoms with Crippen LogP contribution in [0.2, 0.25) is 0 Å². The third-order valence-corrected chi connectivity index (χ3v) is 4.80. The number of methoxy groups -OCH3 is 1. The molecule has 0 aliphatic heterocycles. The molecule has 1 aliphatic carbocycles. The number of hydrogen-bond acceptors (Lipinski definition) is 5. The molecular formula is C18H12F3N3O3S. The summed E-state index contributed by atoms with van der Waals surface area (Å²) in [7, 11) is -1.13. The SMILES string of the molecule is COc1ccc(-c2c(C#N)c(C(F)F)nn2C2=CCC(=S(=O)=O)C=C2)cc1F. The second kappa shape index (κ2) is 7.74. The molecule has 6 nitrogen and oxygen atoms in total. The minimum absolute atomic E-state index is 0.0260. The van der Waals surface area contributed by atoms with Gasteiger partial charge >= 0.3 is 0 Å². The van der Waals surface area contributed by atoms with E-state index in [2.05, 4.69) is 5.10 Å². The molecule has 144 valence electrons. The third kappa shape index (κ3) is 3.44. The van der Waals surface area contributed by atoms with Gasteiger partial charge in [0.1, 0.15) is 17.3 Å². The Morgan fingerprint density at radius 1 is 1.32 bits per heavy atom. The molecule has 0 bridgehead atoms. The van der Waals surface area contributed by atoms with Crippen molar-refractivity contribution in [2.75, 3.05) is 7.11 Å². The van der Waals surface area contributed by atoms with Crippen LogP contribution in [0.3, 0.4) is 0 Å².